The third-order valence-electron chi connectivity index (χ3n) is 3.35. The Hall–Kier alpha value is -0.380. The van der Waals surface area contributed by atoms with Crippen LogP contribution in [0.5, 0.6) is 0 Å². The topological polar surface area (TPSA) is 21.3 Å². The minimum Gasteiger partial charge on any atom is -0.374 e. The molecular weight excluding hydrogens is 206 g/mol. The van der Waals surface area contributed by atoms with Crippen molar-refractivity contribution in [3.63, 3.8) is 0 Å². The van der Waals surface area contributed by atoms with Gasteiger partial charge < -0.3 is 10.1 Å². The van der Waals surface area contributed by atoms with E-state index in [1.807, 2.05) is 7.05 Å². The summed E-state index contributed by atoms with van der Waals surface area (Å²) < 4.78 is 5.88. The van der Waals surface area contributed by atoms with Gasteiger partial charge in [-0.05, 0) is 55.6 Å². The molecular formula is C12H19NOS. The third-order valence-corrected chi connectivity index (χ3v) is 4.09. The Morgan fingerprint density at radius 3 is 3.07 bits per heavy atom. The highest BCUT2D eigenvalue weighted by molar-refractivity contribution is 7.07. The van der Waals surface area contributed by atoms with E-state index in [0.29, 0.717) is 6.04 Å². The van der Waals surface area contributed by atoms with Crippen LogP contribution in [-0.2, 0) is 11.2 Å². The van der Waals surface area contributed by atoms with E-state index in [0.717, 1.165) is 13.0 Å². The van der Waals surface area contributed by atoms with Gasteiger partial charge in [0.05, 0.1) is 5.60 Å². The molecule has 0 bridgehead atoms. The minimum absolute atomic E-state index is 0.0245. The summed E-state index contributed by atoms with van der Waals surface area (Å²) in [5, 5.41) is 7.77. The normalized spacial score (nSPS) is 28.1. The molecule has 1 N–H and O–H groups in total. The maximum atomic E-state index is 5.88. The molecule has 1 aliphatic heterocycles. The highest BCUT2D eigenvalue weighted by Crippen LogP contribution is 2.30. The molecule has 1 aromatic rings. The molecule has 0 spiro atoms. The van der Waals surface area contributed by atoms with Crippen LogP contribution in [0.15, 0.2) is 16.8 Å². The largest absolute Gasteiger partial charge is 0.374 e. The fourth-order valence-electron chi connectivity index (χ4n) is 2.34. The average molecular weight is 225 g/mol. The summed E-state index contributed by atoms with van der Waals surface area (Å²) in [5.41, 5.74) is 1.44. The lowest BCUT2D eigenvalue weighted by atomic mass is 9.89. The lowest BCUT2D eigenvalue weighted by Gasteiger charge is -2.33. The molecule has 15 heavy (non-hydrogen) atoms. The Kier molecular flexibility index (Phi) is 3.44. The number of hydrogen-bond acceptors (Lipinski definition) is 3. The van der Waals surface area contributed by atoms with Gasteiger partial charge in [-0.2, -0.15) is 11.3 Å². The summed E-state index contributed by atoms with van der Waals surface area (Å²) in [5.74, 6) is 0. The van der Waals surface area contributed by atoms with E-state index in [1.54, 1.807) is 11.3 Å². The molecule has 2 atom stereocenters. The number of rotatable bonds is 4. The molecule has 2 nitrogen and oxygen atoms in total. The van der Waals surface area contributed by atoms with Gasteiger partial charge in [-0.3, -0.25) is 0 Å². The van der Waals surface area contributed by atoms with Gasteiger partial charge in [-0.25, -0.2) is 0 Å². The van der Waals surface area contributed by atoms with E-state index >= 15 is 0 Å². The molecule has 84 valence electrons. The van der Waals surface area contributed by atoms with Crippen molar-refractivity contribution in [1.29, 1.82) is 0 Å². The van der Waals surface area contributed by atoms with Crippen molar-refractivity contribution in [2.75, 3.05) is 13.7 Å². The molecule has 2 heterocycles. The van der Waals surface area contributed by atoms with Gasteiger partial charge in [0, 0.05) is 12.6 Å². The van der Waals surface area contributed by atoms with Crippen LogP contribution in [0, 0.1) is 0 Å². The zero-order valence-corrected chi connectivity index (χ0v) is 10.3. The molecule has 0 radical (unpaired) electrons. The van der Waals surface area contributed by atoms with Crippen LogP contribution in [0.3, 0.4) is 0 Å². The zero-order valence-electron chi connectivity index (χ0n) is 9.45. The molecule has 1 saturated heterocycles. The van der Waals surface area contributed by atoms with Crippen LogP contribution in [0.2, 0.25) is 0 Å². The third kappa shape index (κ3) is 2.41. The zero-order chi connectivity index (χ0) is 10.7. The van der Waals surface area contributed by atoms with Crippen LogP contribution in [0.1, 0.15) is 25.3 Å². The summed E-state index contributed by atoms with van der Waals surface area (Å²) in [7, 11) is 2.03. The van der Waals surface area contributed by atoms with E-state index in [4.69, 9.17) is 4.74 Å². The second kappa shape index (κ2) is 4.64. The minimum atomic E-state index is 0.0245. The highest BCUT2D eigenvalue weighted by Gasteiger charge is 2.37. The molecule has 2 unspecified atom stereocenters. The first-order valence-electron chi connectivity index (χ1n) is 5.57. The number of nitrogens with one attached hydrogen (secondary N) is 1. The SMILES string of the molecule is CNC(Cc1ccsc1)C1(C)CCCO1. The molecule has 0 amide bonds. The maximum Gasteiger partial charge on any atom is 0.0810 e. The predicted molar refractivity (Wildman–Crippen MR) is 64.5 cm³/mol. The summed E-state index contributed by atoms with van der Waals surface area (Å²) in [6.45, 7) is 3.14. The van der Waals surface area contributed by atoms with Crippen LogP contribution in [0.4, 0.5) is 0 Å². The van der Waals surface area contributed by atoms with Crippen molar-refractivity contribution in [1.82, 2.24) is 5.32 Å². The number of ether oxygens (including phenoxy) is 1. The van der Waals surface area contributed by atoms with Crippen molar-refractivity contribution in [2.45, 2.75) is 37.8 Å². The lowest BCUT2D eigenvalue weighted by molar-refractivity contribution is -0.00941. The molecule has 1 aromatic heterocycles. The molecule has 1 aliphatic rings. The van der Waals surface area contributed by atoms with Crippen molar-refractivity contribution < 1.29 is 4.74 Å². The predicted octanol–water partition coefficient (Wildman–Crippen LogP) is 2.45. The Bertz CT molecular complexity index is 291. The van der Waals surface area contributed by atoms with Crippen LogP contribution >= 0.6 is 11.3 Å². The van der Waals surface area contributed by atoms with Gasteiger partial charge in [0.15, 0.2) is 0 Å². The van der Waals surface area contributed by atoms with Gasteiger partial charge in [-0.1, -0.05) is 0 Å². The van der Waals surface area contributed by atoms with E-state index in [-0.39, 0.29) is 5.60 Å². The second-order valence-corrected chi connectivity index (χ2v) is 5.22. The Balaban J connectivity index is 2.03. The van der Waals surface area contributed by atoms with E-state index < -0.39 is 0 Å². The van der Waals surface area contributed by atoms with Gasteiger partial charge in [-0.15, -0.1) is 0 Å². The highest BCUT2D eigenvalue weighted by atomic mass is 32.1. The summed E-state index contributed by atoms with van der Waals surface area (Å²) in [6.07, 6.45) is 3.43. The number of thiophene rings is 1. The lowest BCUT2D eigenvalue weighted by Crippen LogP contribution is -2.48. The van der Waals surface area contributed by atoms with Crippen LogP contribution < -0.4 is 5.32 Å². The summed E-state index contributed by atoms with van der Waals surface area (Å²) >= 11 is 1.76. The van der Waals surface area contributed by atoms with Crippen LogP contribution in [-0.4, -0.2) is 25.3 Å². The number of likely N-dealkylation sites (N-methyl/N-ethyl adjacent to an activating group) is 1. The van der Waals surface area contributed by atoms with Crippen molar-refractivity contribution >= 4 is 11.3 Å². The first kappa shape index (κ1) is 11.1. The van der Waals surface area contributed by atoms with Crippen LogP contribution in [0.25, 0.3) is 0 Å². The van der Waals surface area contributed by atoms with E-state index in [9.17, 15) is 0 Å². The van der Waals surface area contributed by atoms with Gasteiger partial charge in [0.2, 0.25) is 0 Å². The van der Waals surface area contributed by atoms with Gasteiger partial charge in [0.25, 0.3) is 0 Å². The van der Waals surface area contributed by atoms with Crippen molar-refractivity contribution in [3.8, 4) is 0 Å². The molecule has 0 aromatic carbocycles. The van der Waals surface area contributed by atoms with Crippen molar-refractivity contribution in [3.05, 3.63) is 22.4 Å². The van der Waals surface area contributed by atoms with Gasteiger partial charge >= 0.3 is 0 Å². The Morgan fingerprint density at radius 1 is 1.67 bits per heavy atom. The van der Waals surface area contributed by atoms with E-state index in [2.05, 4.69) is 29.1 Å². The fraction of sp³-hybridized carbons (Fsp3) is 0.667. The Morgan fingerprint density at radius 2 is 2.53 bits per heavy atom. The first-order valence-corrected chi connectivity index (χ1v) is 6.51. The molecule has 2 rings (SSSR count). The number of hydrogen-bond donors (Lipinski definition) is 1. The summed E-state index contributed by atoms with van der Waals surface area (Å²) in [4.78, 5) is 0. The quantitative estimate of drug-likeness (QED) is 0.850. The van der Waals surface area contributed by atoms with Gasteiger partial charge in [0.1, 0.15) is 0 Å². The summed E-state index contributed by atoms with van der Waals surface area (Å²) in [6, 6.07) is 2.63. The smallest absolute Gasteiger partial charge is 0.0810 e. The standard InChI is InChI=1S/C12H19NOS/c1-12(5-3-6-14-12)11(13-2)8-10-4-7-15-9-10/h4,7,9,11,13H,3,5-6,8H2,1-2H3. The monoisotopic (exact) mass is 225 g/mol. The molecule has 1 fully saturated rings. The average Bonchev–Trinajstić information content (AvgIpc) is 2.85. The van der Waals surface area contributed by atoms with Crippen molar-refractivity contribution in [2.24, 2.45) is 0 Å². The first-order chi connectivity index (χ1) is 7.24. The Labute approximate surface area is 95.6 Å². The fourth-order valence-corrected chi connectivity index (χ4v) is 3.02. The molecule has 0 saturated carbocycles. The molecule has 0 aliphatic carbocycles. The molecule has 3 heteroatoms. The van der Waals surface area contributed by atoms with E-state index in [1.165, 1.54) is 18.4 Å². The second-order valence-electron chi connectivity index (χ2n) is 4.44. The maximum absolute atomic E-state index is 5.88.